The van der Waals surface area contributed by atoms with E-state index in [9.17, 15) is 9.90 Å². The molecule has 0 radical (unpaired) electrons. The molecule has 0 atom stereocenters. The van der Waals surface area contributed by atoms with Crippen molar-refractivity contribution in [3.05, 3.63) is 29.8 Å². The van der Waals surface area contributed by atoms with Crippen LogP contribution in [0.15, 0.2) is 24.3 Å². The fraction of sp³-hybridized carbons (Fsp3) is 0.429. The van der Waals surface area contributed by atoms with Gasteiger partial charge in [0.25, 0.3) is 0 Å². The van der Waals surface area contributed by atoms with Gasteiger partial charge in [0.15, 0.2) is 0 Å². The van der Waals surface area contributed by atoms with Crippen LogP contribution in [-0.2, 0) is 11.2 Å². The Morgan fingerprint density at radius 1 is 1.50 bits per heavy atom. The summed E-state index contributed by atoms with van der Waals surface area (Å²) >= 11 is 0. The van der Waals surface area contributed by atoms with E-state index in [1.54, 1.807) is 23.1 Å². The predicted octanol–water partition coefficient (Wildman–Crippen LogP) is 1.84. The highest BCUT2D eigenvalue weighted by Gasteiger charge is 2.31. The molecule has 1 aliphatic carbocycles. The van der Waals surface area contributed by atoms with Gasteiger partial charge >= 0.3 is 0 Å². The van der Waals surface area contributed by atoms with Gasteiger partial charge in [-0.1, -0.05) is 12.1 Å². The molecule has 0 aromatic heterocycles. The van der Waals surface area contributed by atoms with Crippen LogP contribution in [0.5, 0.6) is 5.75 Å². The van der Waals surface area contributed by atoms with Crippen molar-refractivity contribution in [1.82, 2.24) is 4.90 Å². The third-order valence-electron chi connectivity index (χ3n) is 3.04. The maximum absolute atomic E-state index is 12.1. The lowest BCUT2D eigenvalue weighted by molar-refractivity contribution is -0.131. The number of carbonyl (C=O) groups is 1. The zero-order valence-electron chi connectivity index (χ0n) is 10.2. The summed E-state index contributed by atoms with van der Waals surface area (Å²) in [5, 5.41) is 18.0. The summed E-state index contributed by atoms with van der Waals surface area (Å²) < 4.78 is 0. The molecule has 2 rings (SSSR count). The van der Waals surface area contributed by atoms with E-state index >= 15 is 0 Å². The van der Waals surface area contributed by atoms with Crippen LogP contribution in [0.4, 0.5) is 0 Å². The molecule has 0 heterocycles. The molecule has 1 fully saturated rings. The quantitative estimate of drug-likeness (QED) is 0.859. The zero-order chi connectivity index (χ0) is 13.0. The van der Waals surface area contributed by atoms with Crippen molar-refractivity contribution in [2.75, 3.05) is 6.54 Å². The number of nitriles is 1. The number of hydrogen-bond acceptors (Lipinski definition) is 3. The van der Waals surface area contributed by atoms with Crippen molar-refractivity contribution in [1.29, 1.82) is 5.26 Å². The van der Waals surface area contributed by atoms with Crippen molar-refractivity contribution in [3.63, 3.8) is 0 Å². The Hall–Kier alpha value is -2.02. The van der Waals surface area contributed by atoms with Gasteiger partial charge in [-0.15, -0.1) is 0 Å². The minimum atomic E-state index is 0.0401. The third-order valence-corrected chi connectivity index (χ3v) is 3.04. The molecule has 1 aliphatic rings. The number of phenolic OH excluding ortho intramolecular Hbond substituents is 1. The summed E-state index contributed by atoms with van der Waals surface area (Å²) in [6, 6.07) is 9.14. The Balaban J connectivity index is 1.98. The fourth-order valence-corrected chi connectivity index (χ4v) is 2.01. The lowest BCUT2D eigenvalue weighted by atomic mass is 10.1. The highest BCUT2D eigenvalue weighted by atomic mass is 16.3. The van der Waals surface area contributed by atoms with Crippen LogP contribution >= 0.6 is 0 Å². The lowest BCUT2D eigenvalue weighted by Crippen LogP contribution is -2.35. The summed E-state index contributed by atoms with van der Waals surface area (Å²) in [7, 11) is 0. The van der Waals surface area contributed by atoms with E-state index in [4.69, 9.17) is 5.26 Å². The van der Waals surface area contributed by atoms with Crippen molar-refractivity contribution in [2.24, 2.45) is 0 Å². The summed E-state index contributed by atoms with van der Waals surface area (Å²) in [6.07, 6.45) is 2.74. The summed E-state index contributed by atoms with van der Waals surface area (Å²) in [6.45, 7) is 0.513. The highest BCUT2D eigenvalue weighted by molar-refractivity contribution is 5.79. The van der Waals surface area contributed by atoms with E-state index in [0.717, 1.165) is 18.4 Å². The first-order valence-electron chi connectivity index (χ1n) is 6.15. The minimum Gasteiger partial charge on any atom is -0.508 e. The normalized spacial score (nSPS) is 13.9. The number of nitrogens with zero attached hydrogens (tertiary/aromatic N) is 2. The van der Waals surface area contributed by atoms with E-state index in [-0.39, 0.29) is 18.1 Å². The van der Waals surface area contributed by atoms with Crippen LogP contribution in [0.25, 0.3) is 0 Å². The lowest BCUT2D eigenvalue weighted by Gasteiger charge is -2.21. The highest BCUT2D eigenvalue weighted by Crippen LogP contribution is 2.27. The number of rotatable bonds is 5. The Bertz CT molecular complexity index is 475. The molecule has 0 saturated heterocycles. The van der Waals surface area contributed by atoms with Gasteiger partial charge in [-0.05, 0) is 30.5 Å². The molecule has 0 bridgehead atoms. The number of phenols is 1. The Morgan fingerprint density at radius 3 is 2.89 bits per heavy atom. The van der Waals surface area contributed by atoms with E-state index < -0.39 is 0 Å². The first kappa shape index (κ1) is 12.4. The van der Waals surface area contributed by atoms with E-state index in [1.807, 2.05) is 6.07 Å². The average Bonchev–Trinajstić information content (AvgIpc) is 3.14. The number of benzene rings is 1. The SMILES string of the molecule is N#CCCN(C(=O)Cc1cccc(O)c1)C1CC1. The predicted molar refractivity (Wildman–Crippen MR) is 66.8 cm³/mol. The second-order valence-electron chi connectivity index (χ2n) is 4.57. The van der Waals surface area contributed by atoms with Crippen LogP contribution in [0.1, 0.15) is 24.8 Å². The number of carbonyl (C=O) groups excluding carboxylic acids is 1. The van der Waals surface area contributed by atoms with Crippen LogP contribution in [-0.4, -0.2) is 28.5 Å². The molecule has 1 N–H and O–H groups in total. The fourth-order valence-electron chi connectivity index (χ4n) is 2.01. The maximum Gasteiger partial charge on any atom is 0.227 e. The summed E-state index contributed by atoms with van der Waals surface area (Å²) in [4.78, 5) is 13.9. The molecule has 1 amide bonds. The first-order valence-corrected chi connectivity index (χ1v) is 6.15. The molecule has 4 nitrogen and oxygen atoms in total. The summed E-state index contributed by atoms with van der Waals surface area (Å²) in [5.41, 5.74) is 0.808. The van der Waals surface area contributed by atoms with Gasteiger partial charge in [-0.25, -0.2) is 0 Å². The smallest absolute Gasteiger partial charge is 0.227 e. The second-order valence-corrected chi connectivity index (χ2v) is 4.57. The molecule has 1 aromatic carbocycles. The van der Waals surface area contributed by atoms with E-state index in [2.05, 4.69) is 6.07 Å². The van der Waals surface area contributed by atoms with Crippen molar-refractivity contribution in [3.8, 4) is 11.8 Å². The van der Waals surface area contributed by atoms with Crippen LogP contribution in [0.2, 0.25) is 0 Å². The molecule has 1 saturated carbocycles. The minimum absolute atomic E-state index is 0.0401. The van der Waals surface area contributed by atoms with Gasteiger partial charge < -0.3 is 10.0 Å². The molecule has 0 aliphatic heterocycles. The Labute approximate surface area is 106 Å². The topological polar surface area (TPSA) is 64.3 Å². The largest absolute Gasteiger partial charge is 0.508 e. The van der Waals surface area contributed by atoms with Gasteiger partial charge in [-0.3, -0.25) is 4.79 Å². The van der Waals surface area contributed by atoms with Crippen molar-refractivity contribution in [2.45, 2.75) is 31.7 Å². The van der Waals surface area contributed by atoms with Crippen LogP contribution in [0.3, 0.4) is 0 Å². The number of hydrogen-bond donors (Lipinski definition) is 1. The molecule has 18 heavy (non-hydrogen) atoms. The van der Waals surface area contributed by atoms with E-state index in [0.29, 0.717) is 19.0 Å². The van der Waals surface area contributed by atoms with Gasteiger partial charge in [0, 0.05) is 12.6 Å². The average molecular weight is 244 g/mol. The van der Waals surface area contributed by atoms with Gasteiger partial charge in [0.05, 0.1) is 18.9 Å². The zero-order valence-corrected chi connectivity index (χ0v) is 10.2. The van der Waals surface area contributed by atoms with Gasteiger partial charge in [0.2, 0.25) is 5.91 Å². The Kier molecular flexibility index (Phi) is 3.83. The molecule has 94 valence electrons. The second kappa shape index (κ2) is 5.54. The van der Waals surface area contributed by atoms with Crippen molar-refractivity contribution < 1.29 is 9.90 Å². The maximum atomic E-state index is 12.1. The molecule has 1 aromatic rings. The molecule has 4 heteroatoms. The van der Waals surface area contributed by atoms with Gasteiger partial charge in [0.1, 0.15) is 5.75 Å². The van der Waals surface area contributed by atoms with Crippen LogP contribution in [0, 0.1) is 11.3 Å². The first-order chi connectivity index (χ1) is 8.70. The summed E-state index contributed by atoms with van der Waals surface area (Å²) in [5.74, 6) is 0.216. The third kappa shape index (κ3) is 3.24. The van der Waals surface area contributed by atoms with E-state index in [1.165, 1.54) is 0 Å². The molecule has 0 unspecified atom stereocenters. The van der Waals surface area contributed by atoms with Gasteiger partial charge in [-0.2, -0.15) is 5.26 Å². The van der Waals surface area contributed by atoms with Crippen LogP contribution < -0.4 is 0 Å². The van der Waals surface area contributed by atoms with Crippen molar-refractivity contribution >= 4 is 5.91 Å². The number of amides is 1. The number of aromatic hydroxyl groups is 1. The molecular formula is C14H16N2O2. The Morgan fingerprint density at radius 2 is 2.28 bits per heavy atom. The monoisotopic (exact) mass is 244 g/mol. The molecule has 0 spiro atoms. The standard InChI is InChI=1S/C14H16N2O2/c15-7-2-8-16(12-5-6-12)14(18)10-11-3-1-4-13(17)9-11/h1,3-4,9,12,17H,2,5-6,8,10H2. The molecular weight excluding hydrogens is 228 g/mol.